The van der Waals surface area contributed by atoms with Crippen molar-refractivity contribution in [3.05, 3.63) is 12.2 Å². The van der Waals surface area contributed by atoms with Gasteiger partial charge in [0.25, 0.3) is 0 Å². The molecule has 0 atom stereocenters. The Kier molecular flexibility index (Phi) is 6.52. The van der Waals surface area contributed by atoms with E-state index in [0.29, 0.717) is 13.2 Å². The van der Waals surface area contributed by atoms with Crippen LogP contribution in [0.4, 0.5) is 0 Å². The van der Waals surface area contributed by atoms with E-state index < -0.39 is 7.60 Å². The smallest absolute Gasteiger partial charge is 0.309 e. The number of hydrogen-bond acceptors (Lipinski definition) is 4. The fourth-order valence-corrected chi connectivity index (χ4v) is 2.21. The van der Waals surface area contributed by atoms with Gasteiger partial charge in [-0.3, -0.25) is 4.57 Å². The zero-order valence-electron chi connectivity index (χ0n) is 7.90. The molecule has 0 amide bonds. The number of nitriles is 1. The van der Waals surface area contributed by atoms with Gasteiger partial charge in [0.2, 0.25) is 0 Å². The minimum atomic E-state index is -2.99. The Labute approximate surface area is 78.7 Å². The van der Waals surface area contributed by atoms with Crippen molar-refractivity contribution in [3.8, 4) is 6.07 Å². The zero-order chi connectivity index (χ0) is 10.2. The molecule has 0 bridgehead atoms. The first-order chi connectivity index (χ1) is 6.18. The Morgan fingerprint density at radius 2 is 1.92 bits per heavy atom. The molecule has 0 unspecified atom stereocenters. The molecule has 74 valence electrons. The summed E-state index contributed by atoms with van der Waals surface area (Å²) in [6.45, 7) is 4.19. The minimum Gasteiger partial charge on any atom is -0.309 e. The van der Waals surface area contributed by atoms with Crippen molar-refractivity contribution >= 4 is 7.60 Å². The summed E-state index contributed by atoms with van der Waals surface area (Å²) in [6, 6.07) is 1.81. The number of nitrogens with zero attached hydrogens (tertiary/aromatic N) is 1. The molecule has 0 saturated carbocycles. The van der Waals surface area contributed by atoms with Crippen LogP contribution in [0.3, 0.4) is 0 Å². The lowest BCUT2D eigenvalue weighted by Crippen LogP contribution is -1.98. The maximum Gasteiger partial charge on any atom is 0.334 e. The third-order valence-corrected chi connectivity index (χ3v) is 3.13. The van der Waals surface area contributed by atoms with E-state index in [1.165, 1.54) is 12.2 Å². The predicted molar refractivity (Wildman–Crippen MR) is 50.5 cm³/mol. The summed E-state index contributed by atoms with van der Waals surface area (Å²) in [6.07, 6.45) is 2.92. The molecule has 5 heteroatoms. The molecule has 0 aliphatic rings. The van der Waals surface area contributed by atoms with Crippen LogP contribution in [-0.2, 0) is 13.6 Å². The minimum absolute atomic E-state index is 0.155. The van der Waals surface area contributed by atoms with Gasteiger partial charge in [0.1, 0.15) is 0 Å². The van der Waals surface area contributed by atoms with Gasteiger partial charge in [0.05, 0.1) is 25.4 Å². The molecule has 0 N–H and O–H groups in total. The van der Waals surface area contributed by atoms with Crippen LogP contribution in [0.25, 0.3) is 0 Å². The van der Waals surface area contributed by atoms with Crippen molar-refractivity contribution in [1.29, 1.82) is 5.26 Å². The Morgan fingerprint density at radius 3 is 2.31 bits per heavy atom. The fourth-order valence-electron chi connectivity index (χ4n) is 0.771. The molecule has 0 fully saturated rings. The van der Waals surface area contributed by atoms with Crippen molar-refractivity contribution in [2.75, 3.05) is 19.4 Å². The molecule has 4 nitrogen and oxygen atoms in total. The zero-order valence-corrected chi connectivity index (χ0v) is 8.79. The van der Waals surface area contributed by atoms with Gasteiger partial charge in [-0.2, -0.15) is 5.26 Å². The summed E-state index contributed by atoms with van der Waals surface area (Å²) in [7, 11) is -2.99. The first-order valence-corrected chi connectivity index (χ1v) is 5.84. The van der Waals surface area contributed by atoms with E-state index in [1.54, 1.807) is 13.8 Å². The maximum atomic E-state index is 11.7. The molecule has 0 radical (unpaired) electrons. The Hall–Kier alpha value is -0.620. The first kappa shape index (κ1) is 12.4. The maximum absolute atomic E-state index is 11.7. The topological polar surface area (TPSA) is 59.3 Å². The Morgan fingerprint density at radius 1 is 1.38 bits per heavy atom. The first-order valence-electron chi connectivity index (χ1n) is 4.11. The lowest BCUT2D eigenvalue weighted by atomic mass is 10.6. The van der Waals surface area contributed by atoms with Gasteiger partial charge in [-0.15, -0.1) is 0 Å². The van der Waals surface area contributed by atoms with Crippen LogP contribution < -0.4 is 0 Å². The van der Waals surface area contributed by atoms with Crippen molar-refractivity contribution in [3.63, 3.8) is 0 Å². The quantitative estimate of drug-likeness (QED) is 0.491. The van der Waals surface area contributed by atoms with Crippen LogP contribution in [0.2, 0.25) is 0 Å². The second-order valence-corrected chi connectivity index (χ2v) is 4.26. The van der Waals surface area contributed by atoms with Crippen molar-refractivity contribution in [2.24, 2.45) is 0 Å². The number of rotatable bonds is 6. The molecule has 0 aromatic carbocycles. The van der Waals surface area contributed by atoms with Gasteiger partial charge in [0.15, 0.2) is 0 Å². The van der Waals surface area contributed by atoms with Crippen LogP contribution in [0.5, 0.6) is 0 Å². The summed E-state index contributed by atoms with van der Waals surface area (Å²) in [4.78, 5) is 0. The van der Waals surface area contributed by atoms with E-state index in [1.807, 2.05) is 6.07 Å². The molecule has 0 aliphatic heterocycles. The summed E-state index contributed by atoms with van der Waals surface area (Å²) in [5.74, 6) is 0. The monoisotopic (exact) mass is 203 g/mol. The number of hydrogen-bond donors (Lipinski definition) is 0. The highest BCUT2D eigenvalue weighted by molar-refractivity contribution is 7.54. The highest BCUT2D eigenvalue weighted by Gasteiger charge is 2.20. The van der Waals surface area contributed by atoms with Crippen molar-refractivity contribution in [1.82, 2.24) is 0 Å². The highest BCUT2D eigenvalue weighted by Crippen LogP contribution is 2.47. The molecule has 13 heavy (non-hydrogen) atoms. The average Bonchev–Trinajstić information content (AvgIpc) is 2.05. The molecular formula is C8H14NO3P. The van der Waals surface area contributed by atoms with E-state index in [0.717, 1.165) is 0 Å². The molecule has 0 aromatic rings. The van der Waals surface area contributed by atoms with E-state index >= 15 is 0 Å². The highest BCUT2D eigenvalue weighted by atomic mass is 31.2. The molecule has 0 rings (SSSR count). The average molecular weight is 203 g/mol. The van der Waals surface area contributed by atoms with Crippen LogP contribution in [0.15, 0.2) is 12.2 Å². The summed E-state index contributed by atoms with van der Waals surface area (Å²) in [5.41, 5.74) is 0. The van der Waals surface area contributed by atoms with E-state index in [9.17, 15) is 4.57 Å². The van der Waals surface area contributed by atoms with Gasteiger partial charge < -0.3 is 9.05 Å². The standard InChI is InChI=1S/C8H14NO3P/c1-3-11-13(10,12-4-2)8-6-5-7-9/h5-6H,3-4,8H2,1-2H3/b6-5+. The summed E-state index contributed by atoms with van der Waals surface area (Å²) >= 11 is 0. The second-order valence-electron chi connectivity index (χ2n) is 2.16. The van der Waals surface area contributed by atoms with E-state index in [4.69, 9.17) is 14.3 Å². The van der Waals surface area contributed by atoms with Crippen molar-refractivity contribution in [2.45, 2.75) is 13.8 Å². The number of allylic oxidation sites excluding steroid dienone is 2. The van der Waals surface area contributed by atoms with Crippen molar-refractivity contribution < 1.29 is 13.6 Å². The Bertz CT molecular complexity index is 234. The lowest BCUT2D eigenvalue weighted by Gasteiger charge is -2.14. The van der Waals surface area contributed by atoms with Gasteiger partial charge in [-0.1, -0.05) is 6.08 Å². The van der Waals surface area contributed by atoms with Crippen LogP contribution in [0.1, 0.15) is 13.8 Å². The van der Waals surface area contributed by atoms with Gasteiger partial charge >= 0.3 is 7.60 Å². The molecular weight excluding hydrogens is 189 g/mol. The molecule has 0 spiro atoms. The SMILES string of the molecule is CCOP(=O)(C/C=C/C#N)OCC. The normalized spacial score (nSPS) is 11.8. The predicted octanol–water partition coefficient (Wildman–Crippen LogP) is 2.33. The van der Waals surface area contributed by atoms with E-state index in [2.05, 4.69) is 0 Å². The van der Waals surface area contributed by atoms with Crippen LogP contribution in [-0.4, -0.2) is 19.4 Å². The molecule has 0 aromatic heterocycles. The van der Waals surface area contributed by atoms with Crippen LogP contribution >= 0.6 is 7.60 Å². The van der Waals surface area contributed by atoms with Crippen LogP contribution in [0, 0.1) is 11.3 Å². The molecule has 0 saturated heterocycles. The van der Waals surface area contributed by atoms with Gasteiger partial charge in [0, 0.05) is 6.08 Å². The fraction of sp³-hybridized carbons (Fsp3) is 0.625. The third kappa shape index (κ3) is 5.59. The van der Waals surface area contributed by atoms with Gasteiger partial charge in [-0.25, -0.2) is 0 Å². The summed E-state index contributed by atoms with van der Waals surface area (Å²) in [5, 5.41) is 8.21. The Balaban J connectivity index is 4.17. The van der Waals surface area contributed by atoms with Gasteiger partial charge in [-0.05, 0) is 13.8 Å². The molecule has 0 heterocycles. The molecule has 0 aliphatic carbocycles. The summed E-state index contributed by atoms with van der Waals surface area (Å²) < 4.78 is 21.7. The third-order valence-electron chi connectivity index (χ3n) is 1.17. The lowest BCUT2D eigenvalue weighted by molar-refractivity contribution is 0.222. The largest absolute Gasteiger partial charge is 0.334 e. The second kappa shape index (κ2) is 6.85. The van der Waals surface area contributed by atoms with E-state index in [-0.39, 0.29) is 6.16 Å².